The van der Waals surface area contributed by atoms with Crippen molar-refractivity contribution in [3.8, 4) is 0 Å². The highest BCUT2D eigenvalue weighted by Gasteiger charge is 2.72. The minimum atomic E-state index is -0.627. The Hall–Kier alpha value is -2.08. The van der Waals surface area contributed by atoms with Gasteiger partial charge in [0.15, 0.2) is 0 Å². The van der Waals surface area contributed by atoms with Gasteiger partial charge in [-0.1, -0.05) is 65.2 Å². The first-order chi connectivity index (χ1) is 23.5. The third kappa shape index (κ3) is 4.94. The van der Waals surface area contributed by atoms with Gasteiger partial charge in [0.25, 0.3) is 5.95 Å². The molecule has 280 valence electrons. The Morgan fingerprint density at radius 2 is 1.78 bits per heavy atom. The number of aromatic nitrogens is 4. The molecule has 0 radical (unpaired) electrons. The Bertz CT molecular complexity index is 1490. The lowest BCUT2D eigenvalue weighted by molar-refractivity contribution is -0.257. The highest BCUT2D eigenvalue weighted by atomic mass is 16.5. The summed E-state index contributed by atoms with van der Waals surface area (Å²) in [5.74, 6) is 0.504. The van der Waals surface area contributed by atoms with E-state index >= 15 is 0 Å². The molecule has 3 saturated carbocycles. The summed E-state index contributed by atoms with van der Waals surface area (Å²) >= 11 is 0. The molecule has 4 aliphatic carbocycles. The zero-order chi connectivity index (χ0) is 36.1. The van der Waals surface area contributed by atoms with Crippen LogP contribution in [0.4, 0.5) is 5.95 Å². The number of nitrogen functional groups attached to an aromatic ring is 1. The van der Waals surface area contributed by atoms with Gasteiger partial charge >= 0.3 is 5.97 Å². The van der Waals surface area contributed by atoms with Crippen LogP contribution in [0, 0.1) is 56.7 Å². The van der Waals surface area contributed by atoms with Crippen molar-refractivity contribution in [1.82, 2.24) is 25.1 Å². The van der Waals surface area contributed by atoms with E-state index in [9.17, 15) is 9.90 Å². The fourth-order valence-electron chi connectivity index (χ4n) is 13.2. The third-order valence-electron chi connectivity index (χ3n) is 16.7. The van der Waals surface area contributed by atoms with E-state index in [1.54, 1.807) is 4.80 Å². The number of carboxylic acid groups (broad SMARTS) is 1. The van der Waals surface area contributed by atoms with Crippen LogP contribution < -0.4 is 5.73 Å². The number of aliphatic carboxylic acids is 1. The number of nitrogens with two attached hydrogens (primary N) is 1. The predicted octanol–water partition coefficient (Wildman–Crippen LogP) is 5.88. The third-order valence-corrected chi connectivity index (χ3v) is 16.7. The van der Waals surface area contributed by atoms with E-state index in [1.165, 1.54) is 5.57 Å². The average molecular weight is 697 g/mol. The Morgan fingerprint density at radius 3 is 2.40 bits per heavy atom. The maximum atomic E-state index is 13.5. The molecular formula is C39H64N6O5. The van der Waals surface area contributed by atoms with Crippen molar-refractivity contribution in [2.24, 2.45) is 56.7 Å². The van der Waals surface area contributed by atoms with Crippen molar-refractivity contribution in [3.63, 3.8) is 0 Å². The summed E-state index contributed by atoms with van der Waals surface area (Å²) in [5, 5.41) is 24.4. The summed E-state index contributed by atoms with van der Waals surface area (Å²) in [4.78, 5) is 17.5. The fourth-order valence-corrected chi connectivity index (χ4v) is 13.2. The lowest BCUT2D eigenvalue weighted by Gasteiger charge is -2.71. The van der Waals surface area contributed by atoms with Gasteiger partial charge in [-0.15, -0.1) is 5.10 Å². The highest BCUT2D eigenvalue weighted by molar-refractivity contribution is 5.73. The van der Waals surface area contributed by atoms with Crippen molar-refractivity contribution in [3.05, 3.63) is 11.6 Å². The van der Waals surface area contributed by atoms with E-state index in [0.29, 0.717) is 37.6 Å². The quantitative estimate of drug-likeness (QED) is 0.317. The summed E-state index contributed by atoms with van der Waals surface area (Å²) in [5.41, 5.74) is 6.21. The minimum absolute atomic E-state index is 0.107. The number of anilines is 1. The van der Waals surface area contributed by atoms with Crippen molar-refractivity contribution in [2.45, 2.75) is 118 Å². The van der Waals surface area contributed by atoms with E-state index in [1.807, 2.05) is 0 Å². The first-order valence-corrected chi connectivity index (χ1v) is 19.4. The first kappa shape index (κ1) is 36.3. The molecular weight excluding hydrogens is 632 g/mol. The van der Waals surface area contributed by atoms with Crippen molar-refractivity contribution in [1.29, 1.82) is 0 Å². The first-order valence-electron chi connectivity index (χ1n) is 19.4. The number of fused-ring (bicyclic) bond motifs is 3. The number of hydrogen-bond acceptors (Lipinski definition) is 9. The summed E-state index contributed by atoms with van der Waals surface area (Å²) in [7, 11) is 4.31. The van der Waals surface area contributed by atoms with Crippen molar-refractivity contribution >= 4 is 11.9 Å². The largest absolute Gasteiger partial charge is 0.481 e. The maximum Gasteiger partial charge on any atom is 0.307 e. The number of carbonyl (C=O) groups is 1. The Labute approximate surface area is 299 Å². The van der Waals surface area contributed by atoms with Crippen LogP contribution in [-0.4, -0.2) is 95.0 Å². The zero-order valence-electron chi connectivity index (χ0n) is 32.2. The molecule has 50 heavy (non-hydrogen) atoms. The topological polar surface area (TPSA) is 138 Å². The summed E-state index contributed by atoms with van der Waals surface area (Å²) in [6, 6.07) is -0.168. The van der Waals surface area contributed by atoms with Crippen LogP contribution in [0.15, 0.2) is 11.6 Å². The second-order valence-corrected chi connectivity index (χ2v) is 19.0. The molecule has 0 amide bonds. The molecule has 1 unspecified atom stereocenters. The molecule has 6 aliphatic rings. The smallest absolute Gasteiger partial charge is 0.307 e. The average Bonchev–Trinajstić information content (AvgIpc) is 3.50. The van der Waals surface area contributed by atoms with Crippen molar-refractivity contribution < 1.29 is 24.1 Å². The molecule has 3 N–H and O–H groups in total. The monoisotopic (exact) mass is 696 g/mol. The Kier molecular flexibility index (Phi) is 8.88. The molecule has 0 spiro atoms. The lowest BCUT2D eigenvalue weighted by atomic mass is 9.34. The van der Waals surface area contributed by atoms with Crippen LogP contribution in [-0.2, 0) is 19.0 Å². The van der Waals surface area contributed by atoms with Gasteiger partial charge < -0.3 is 30.0 Å². The van der Waals surface area contributed by atoms with Gasteiger partial charge in [0.05, 0.1) is 31.8 Å². The SMILES string of the molecule is CC(C)[C@@H](C)[C@@]1(C)CC[C@]2(C)[C@H]3CC[C@@H]4C5(COC[C@]4(C)[C@@H](OCC4(N(C)C)CCOCC4)[C@H](n4nnc(N)n4)C5)C3=CC[C@@]2(C)[C@@H]1C(=O)O. The molecule has 1 aromatic heterocycles. The number of ether oxygens (including phenoxy) is 3. The van der Waals surface area contributed by atoms with E-state index in [4.69, 9.17) is 19.9 Å². The molecule has 0 aromatic carbocycles. The van der Waals surface area contributed by atoms with Crippen LogP contribution in [0.5, 0.6) is 0 Å². The second-order valence-electron chi connectivity index (χ2n) is 19.0. The molecule has 1 aromatic rings. The number of hydrogen-bond donors (Lipinski definition) is 2. The van der Waals surface area contributed by atoms with Crippen LogP contribution in [0.1, 0.15) is 106 Å². The van der Waals surface area contributed by atoms with Gasteiger partial charge in [0.2, 0.25) is 0 Å². The van der Waals surface area contributed by atoms with Gasteiger partial charge in [0, 0.05) is 29.6 Å². The summed E-state index contributed by atoms with van der Waals surface area (Å²) < 4.78 is 19.8. The zero-order valence-corrected chi connectivity index (χ0v) is 32.2. The van der Waals surface area contributed by atoms with Crippen LogP contribution in [0.3, 0.4) is 0 Å². The molecule has 2 aliphatic heterocycles. The Morgan fingerprint density at radius 1 is 1.06 bits per heavy atom. The highest BCUT2D eigenvalue weighted by Crippen LogP contribution is 2.75. The molecule has 11 heteroatoms. The van der Waals surface area contributed by atoms with Crippen LogP contribution in [0.2, 0.25) is 0 Å². The molecule has 2 bridgehead atoms. The molecule has 11 atom stereocenters. The lowest BCUT2D eigenvalue weighted by Crippen LogP contribution is -2.69. The molecule has 11 nitrogen and oxygen atoms in total. The second kappa shape index (κ2) is 12.2. The number of likely N-dealkylation sites (N-methyl/N-ethyl adjacent to an activating group) is 1. The maximum absolute atomic E-state index is 13.5. The number of rotatable bonds is 8. The normalized spacial score (nSPS) is 44.5. The molecule has 3 heterocycles. The van der Waals surface area contributed by atoms with Gasteiger partial charge in [0.1, 0.15) is 6.04 Å². The molecule has 5 fully saturated rings. The van der Waals surface area contributed by atoms with E-state index < -0.39 is 11.9 Å². The van der Waals surface area contributed by atoms with Gasteiger partial charge in [-0.25, -0.2) is 0 Å². The fraction of sp³-hybridized carbons (Fsp3) is 0.897. The number of tetrazole rings is 1. The molecule has 2 saturated heterocycles. The summed E-state index contributed by atoms with van der Waals surface area (Å²) in [6.45, 7) is 19.5. The standard InChI is InChI=1S/C39H64N6O5/c1-24(2)25(3)34(4)14-15-36(6)26-10-11-29-35(5)21-49-23-39(29,27(26)12-13-37(36,7)30(34)32(46)47)20-28(45-42-33(40)41-43-45)31(35)50-22-38(44(8)9)16-18-48-19-17-38/h12,24-26,28-31H,10-11,13-23H2,1-9H3,(H2,40,42)(H,46,47)/t25-,26+,28-,29+,30-,31+,34-,35+,36-,37+,39?/m1/s1. The van der Waals surface area contributed by atoms with E-state index in [0.717, 1.165) is 64.6 Å². The summed E-state index contributed by atoms with van der Waals surface area (Å²) in [6.07, 6.45) is 9.80. The van der Waals surface area contributed by atoms with Gasteiger partial charge in [-0.05, 0) is 111 Å². The van der Waals surface area contributed by atoms with Gasteiger partial charge in [-0.3, -0.25) is 4.79 Å². The number of carboxylic acids is 1. The predicted molar refractivity (Wildman–Crippen MR) is 191 cm³/mol. The number of allylic oxidation sites excluding steroid dienone is 1. The van der Waals surface area contributed by atoms with E-state index in [-0.39, 0.29) is 56.6 Å². The molecule has 7 rings (SSSR count). The van der Waals surface area contributed by atoms with Crippen LogP contribution in [0.25, 0.3) is 0 Å². The van der Waals surface area contributed by atoms with E-state index in [2.05, 4.69) is 88.9 Å². The minimum Gasteiger partial charge on any atom is -0.481 e. The number of nitrogens with zero attached hydrogens (tertiary/aromatic N) is 5. The van der Waals surface area contributed by atoms with Gasteiger partial charge in [-0.2, -0.15) is 4.80 Å². The van der Waals surface area contributed by atoms with Crippen molar-refractivity contribution in [2.75, 3.05) is 52.9 Å². The Balaban J connectivity index is 1.30. The van der Waals surface area contributed by atoms with Crippen LogP contribution >= 0.6 is 0 Å².